The van der Waals surface area contributed by atoms with Crippen molar-refractivity contribution < 1.29 is 9.59 Å². The molecule has 1 aromatic carbocycles. The lowest BCUT2D eigenvalue weighted by Crippen LogP contribution is -2.37. The lowest BCUT2D eigenvalue weighted by Gasteiger charge is -2.18. The normalized spacial score (nSPS) is 16.8. The van der Waals surface area contributed by atoms with Crippen molar-refractivity contribution in [1.82, 2.24) is 9.88 Å². The first-order valence-electron chi connectivity index (χ1n) is 7.99. The minimum atomic E-state index is -0.321. The van der Waals surface area contributed by atoms with Crippen LogP contribution >= 0.6 is 0 Å². The van der Waals surface area contributed by atoms with Crippen molar-refractivity contribution in [1.29, 1.82) is 0 Å². The molecule has 116 valence electrons. The van der Waals surface area contributed by atoms with Gasteiger partial charge in [0.1, 0.15) is 6.04 Å². The first-order chi connectivity index (χ1) is 10.6. The summed E-state index contributed by atoms with van der Waals surface area (Å²) in [5.41, 5.74) is 1.61. The summed E-state index contributed by atoms with van der Waals surface area (Å²) in [4.78, 5) is 24.3. The van der Waals surface area contributed by atoms with E-state index in [1.807, 2.05) is 42.0 Å². The third-order valence-electron chi connectivity index (χ3n) is 4.62. The van der Waals surface area contributed by atoms with Crippen LogP contribution in [-0.4, -0.2) is 22.3 Å². The van der Waals surface area contributed by atoms with E-state index in [4.69, 9.17) is 0 Å². The summed E-state index contributed by atoms with van der Waals surface area (Å²) in [6.45, 7) is 3.45. The van der Waals surface area contributed by atoms with Gasteiger partial charge < -0.3 is 9.88 Å². The van der Waals surface area contributed by atoms with Crippen molar-refractivity contribution in [2.24, 2.45) is 0 Å². The molecule has 0 bridgehead atoms. The number of amides is 1. The summed E-state index contributed by atoms with van der Waals surface area (Å²) in [5, 5.41) is 4.05. The third kappa shape index (κ3) is 2.65. The van der Waals surface area contributed by atoms with E-state index in [1.165, 1.54) is 12.8 Å². The number of benzene rings is 1. The first kappa shape index (κ1) is 14.8. The van der Waals surface area contributed by atoms with Crippen LogP contribution in [0.2, 0.25) is 0 Å². The Morgan fingerprint density at radius 1 is 1.23 bits per heavy atom. The second kappa shape index (κ2) is 5.95. The van der Waals surface area contributed by atoms with Gasteiger partial charge in [0.15, 0.2) is 5.78 Å². The summed E-state index contributed by atoms with van der Waals surface area (Å²) in [7, 11) is 0. The van der Waals surface area contributed by atoms with Crippen molar-refractivity contribution >= 4 is 22.6 Å². The molecule has 0 radical (unpaired) electrons. The van der Waals surface area contributed by atoms with Crippen molar-refractivity contribution in [3.05, 3.63) is 36.0 Å². The van der Waals surface area contributed by atoms with Gasteiger partial charge in [-0.1, -0.05) is 31.0 Å². The smallest absolute Gasteiger partial charge is 0.242 e. The molecule has 4 nitrogen and oxygen atoms in total. The number of hydrogen-bond donors (Lipinski definition) is 1. The number of ketones is 1. The average molecular weight is 298 g/mol. The van der Waals surface area contributed by atoms with E-state index in [9.17, 15) is 9.59 Å². The van der Waals surface area contributed by atoms with Gasteiger partial charge in [-0.3, -0.25) is 9.59 Å². The number of carbonyl (C=O) groups is 2. The number of hydrogen-bond acceptors (Lipinski definition) is 2. The van der Waals surface area contributed by atoms with Crippen LogP contribution in [0.3, 0.4) is 0 Å². The van der Waals surface area contributed by atoms with Crippen LogP contribution in [-0.2, 0) is 4.79 Å². The van der Waals surface area contributed by atoms with Gasteiger partial charge in [0.05, 0.1) is 0 Å². The van der Waals surface area contributed by atoms with Gasteiger partial charge in [0.2, 0.25) is 5.91 Å². The van der Waals surface area contributed by atoms with E-state index in [0.29, 0.717) is 11.6 Å². The molecule has 4 heteroatoms. The molecule has 1 saturated carbocycles. The molecule has 1 atom stereocenters. The minimum absolute atomic E-state index is 0.0263. The molecule has 0 aliphatic heterocycles. The maximum atomic E-state index is 12.5. The number of carbonyl (C=O) groups excluding carboxylic acids is 2. The predicted octanol–water partition coefficient (Wildman–Crippen LogP) is 3.46. The van der Waals surface area contributed by atoms with Gasteiger partial charge in [-0.25, -0.2) is 0 Å². The fourth-order valence-electron chi connectivity index (χ4n) is 3.32. The van der Waals surface area contributed by atoms with Gasteiger partial charge in [-0.2, -0.15) is 0 Å². The quantitative estimate of drug-likeness (QED) is 0.879. The molecule has 1 aromatic heterocycles. The zero-order valence-electron chi connectivity index (χ0n) is 13.1. The van der Waals surface area contributed by atoms with E-state index in [-0.39, 0.29) is 17.7 Å². The van der Waals surface area contributed by atoms with Crippen molar-refractivity contribution in [2.45, 2.75) is 51.6 Å². The Morgan fingerprint density at radius 2 is 1.91 bits per heavy atom. The van der Waals surface area contributed by atoms with E-state index in [1.54, 1.807) is 6.92 Å². The number of para-hydroxylation sites is 1. The van der Waals surface area contributed by atoms with Crippen LogP contribution in [0, 0.1) is 0 Å². The molecule has 1 heterocycles. The maximum Gasteiger partial charge on any atom is 0.242 e. The van der Waals surface area contributed by atoms with E-state index in [2.05, 4.69) is 5.32 Å². The number of Topliss-reactive ketones (excluding diaryl/α,β-unsaturated/α-hetero) is 1. The molecule has 0 unspecified atom stereocenters. The van der Waals surface area contributed by atoms with Crippen LogP contribution in [0.25, 0.3) is 10.9 Å². The first-order valence-corrected chi connectivity index (χ1v) is 7.99. The Morgan fingerprint density at radius 3 is 2.59 bits per heavy atom. The fraction of sp³-hybridized carbons (Fsp3) is 0.444. The maximum absolute atomic E-state index is 12.5. The Balaban J connectivity index is 1.91. The Hall–Kier alpha value is -2.10. The molecule has 22 heavy (non-hydrogen) atoms. The minimum Gasteiger partial charge on any atom is -0.352 e. The molecule has 1 aliphatic rings. The van der Waals surface area contributed by atoms with E-state index >= 15 is 0 Å². The summed E-state index contributed by atoms with van der Waals surface area (Å²) in [6, 6.07) is 7.74. The van der Waals surface area contributed by atoms with E-state index in [0.717, 1.165) is 23.7 Å². The summed E-state index contributed by atoms with van der Waals surface area (Å²) in [6.07, 6.45) is 6.35. The topological polar surface area (TPSA) is 51.1 Å². The van der Waals surface area contributed by atoms with Crippen molar-refractivity contribution in [3.63, 3.8) is 0 Å². The highest BCUT2D eigenvalue weighted by Crippen LogP contribution is 2.26. The molecule has 1 N–H and O–H groups in total. The van der Waals surface area contributed by atoms with Crippen LogP contribution < -0.4 is 5.32 Å². The highest BCUT2D eigenvalue weighted by molar-refractivity contribution is 6.07. The molecular weight excluding hydrogens is 276 g/mol. The second-order valence-electron chi connectivity index (χ2n) is 6.19. The molecule has 1 fully saturated rings. The standard InChI is InChI=1S/C18H22N2O2/c1-12(18(22)19-14-7-3-4-8-14)20-11-16(13(2)21)15-9-5-6-10-17(15)20/h5-6,9-12,14H,3-4,7-8H2,1-2H3,(H,19,22)/t12-/m0/s1. The van der Waals surface area contributed by atoms with Gasteiger partial charge >= 0.3 is 0 Å². The monoisotopic (exact) mass is 298 g/mol. The predicted molar refractivity (Wildman–Crippen MR) is 87.1 cm³/mol. The number of rotatable bonds is 4. The number of fused-ring (bicyclic) bond motifs is 1. The molecular formula is C18H22N2O2. The van der Waals surface area contributed by atoms with Crippen molar-refractivity contribution in [3.8, 4) is 0 Å². The van der Waals surface area contributed by atoms with Crippen molar-refractivity contribution in [2.75, 3.05) is 0 Å². The van der Waals surface area contributed by atoms with Gasteiger partial charge in [0, 0.05) is 28.7 Å². The molecule has 0 spiro atoms. The largest absolute Gasteiger partial charge is 0.352 e. The Labute approximate surface area is 130 Å². The van der Waals surface area contributed by atoms with Gasteiger partial charge in [0.25, 0.3) is 0 Å². The Kier molecular flexibility index (Phi) is 4.01. The zero-order chi connectivity index (χ0) is 15.7. The summed E-state index contributed by atoms with van der Waals surface area (Å²) in [5.74, 6) is 0.0566. The second-order valence-corrected chi connectivity index (χ2v) is 6.19. The van der Waals surface area contributed by atoms with Crippen LogP contribution in [0.4, 0.5) is 0 Å². The molecule has 2 aromatic rings. The number of nitrogens with one attached hydrogen (secondary N) is 1. The summed E-state index contributed by atoms with van der Waals surface area (Å²) < 4.78 is 1.91. The highest BCUT2D eigenvalue weighted by Gasteiger charge is 2.23. The lowest BCUT2D eigenvalue weighted by molar-refractivity contribution is -0.124. The molecule has 1 amide bonds. The van der Waals surface area contributed by atoms with Gasteiger partial charge in [-0.05, 0) is 32.8 Å². The molecule has 1 aliphatic carbocycles. The lowest BCUT2D eigenvalue weighted by atomic mass is 10.1. The zero-order valence-corrected chi connectivity index (χ0v) is 13.1. The molecule has 3 rings (SSSR count). The average Bonchev–Trinajstić information content (AvgIpc) is 3.13. The Bertz CT molecular complexity index is 711. The SMILES string of the molecule is CC(=O)c1cn([C@@H](C)C(=O)NC2CCCC2)c2ccccc12. The van der Waals surface area contributed by atoms with Gasteiger partial charge in [-0.15, -0.1) is 0 Å². The van der Waals surface area contributed by atoms with Crippen LogP contribution in [0.15, 0.2) is 30.5 Å². The van der Waals surface area contributed by atoms with E-state index < -0.39 is 0 Å². The summed E-state index contributed by atoms with van der Waals surface area (Å²) >= 11 is 0. The highest BCUT2D eigenvalue weighted by atomic mass is 16.2. The third-order valence-corrected chi connectivity index (χ3v) is 4.62. The number of nitrogens with zero attached hydrogens (tertiary/aromatic N) is 1. The van der Waals surface area contributed by atoms with Crippen LogP contribution in [0.1, 0.15) is 55.9 Å². The fourth-order valence-corrected chi connectivity index (χ4v) is 3.32. The van der Waals surface area contributed by atoms with Crippen LogP contribution in [0.5, 0.6) is 0 Å². The number of aromatic nitrogens is 1. The molecule has 0 saturated heterocycles.